The highest BCUT2D eigenvalue weighted by Gasteiger charge is 2.23. The van der Waals surface area contributed by atoms with Crippen molar-refractivity contribution in [2.75, 3.05) is 26.2 Å². The topological polar surface area (TPSA) is 32.7 Å². The summed E-state index contributed by atoms with van der Waals surface area (Å²) in [5, 5.41) is 12.3. The van der Waals surface area contributed by atoms with Crippen molar-refractivity contribution >= 4 is 11.3 Å². The molecule has 124 valence electrons. The minimum atomic E-state index is -0.429. The number of rotatable bonds is 6. The Kier molecular flexibility index (Phi) is 5.65. The van der Waals surface area contributed by atoms with Crippen molar-refractivity contribution in [1.82, 2.24) is 4.90 Å². The van der Waals surface area contributed by atoms with E-state index >= 15 is 0 Å². The lowest BCUT2D eigenvalue weighted by atomic mass is 9.98. The third kappa shape index (κ3) is 4.53. The summed E-state index contributed by atoms with van der Waals surface area (Å²) in [5.74, 6) is 0.385. The van der Waals surface area contributed by atoms with Gasteiger partial charge in [0.05, 0.1) is 6.61 Å². The zero-order chi connectivity index (χ0) is 16.1. The molecule has 1 aliphatic heterocycles. The SMILES string of the molecule is O[C@@H](CN1CCC[C@H](COc2ccccc2F)C1)c1cccs1. The molecular formula is C18H22FNO2S. The third-order valence-electron chi connectivity index (χ3n) is 4.22. The van der Waals surface area contributed by atoms with Crippen molar-refractivity contribution in [1.29, 1.82) is 0 Å². The first-order valence-corrected chi connectivity index (χ1v) is 8.91. The van der Waals surface area contributed by atoms with Crippen LogP contribution in [0.1, 0.15) is 23.8 Å². The monoisotopic (exact) mass is 335 g/mol. The van der Waals surface area contributed by atoms with E-state index in [0.29, 0.717) is 24.8 Å². The molecule has 3 nitrogen and oxygen atoms in total. The van der Waals surface area contributed by atoms with Crippen LogP contribution in [0.2, 0.25) is 0 Å². The summed E-state index contributed by atoms with van der Waals surface area (Å²) in [4.78, 5) is 3.29. The number of hydrogen-bond donors (Lipinski definition) is 1. The molecule has 1 fully saturated rings. The van der Waals surface area contributed by atoms with Gasteiger partial charge in [-0.15, -0.1) is 11.3 Å². The van der Waals surface area contributed by atoms with Crippen molar-refractivity contribution in [3.05, 3.63) is 52.5 Å². The molecule has 0 unspecified atom stereocenters. The summed E-state index contributed by atoms with van der Waals surface area (Å²) in [5.41, 5.74) is 0. The second-order valence-corrected chi connectivity index (χ2v) is 7.02. The average molecular weight is 335 g/mol. The maximum atomic E-state index is 13.6. The van der Waals surface area contributed by atoms with E-state index in [1.54, 1.807) is 29.5 Å². The Balaban J connectivity index is 1.49. The van der Waals surface area contributed by atoms with E-state index < -0.39 is 6.10 Å². The number of halogens is 1. The van der Waals surface area contributed by atoms with Crippen LogP contribution in [0.4, 0.5) is 4.39 Å². The normalized spacial score (nSPS) is 20.3. The van der Waals surface area contributed by atoms with Crippen LogP contribution < -0.4 is 4.74 Å². The van der Waals surface area contributed by atoms with Crippen LogP contribution in [0.15, 0.2) is 41.8 Å². The van der Waals surface area contributed by atoms with E-state index in [2.05, 4.69) is 4.90 Å². The Morgan fingerprint density at radius 1 is 1.30 bits per heavy atom. The summed E-state index contributed by atoms with van der Waals surface area (Å²) < 4.78 is 19.2. The van der Waals surface area contributed by atoms with Crippen LogP contribution >= 0.6 is 11.3 Å². The van der Waals surface area contributed by atoms with Crippen LogP contribution in [-0.2, 0) is 0 Å². The number of aliphatic hydroxyl groups excluding tert-OH is 1. The molecule has 2 atom stereocenters. The van der Waals surface area contributed by atoms with E-state index in [4.69, 9.17) is 4.74 Å². The Labute approximate surface area is 140 Å². The number of thiophene rings is 1. The molecule has 23 heavy (non-hydrogen) atoms. The molecule has 0 saturated carbocycles. The predicted octanol–water partition coefficient (Wildman–Crippen LogP) is 3.71. The number of para-hydroxylation sites is 1. The molecule has 1 aromatic heterocycles. The molecule has 0 amide bonds. The van der Waals surface area contributed by atoms with Gasteiger partial charge in [0.25, 0.3) is 0 Å². The maximum absolute atomic E-state index is 13.6. The third-order valence-corrected chi connectivity index (χ3v) is 5.19. The number of β-amino-alcohol motifs (C(OH)–C–C–N with tert-alkyl or cyclic N) is 1. The molecule has 0 spiro atoms. The van der Waals surface area contributed by atoms with Crippen molar-refractivity contribution in [2.45, 2.75) is 18.9 Å². The minimum Gasteiger partial charge on any atom is -0.490 e. The minimum absolute atomic E-state index is 0.312. The number of hydrogen-bond acceptors (Lipinski definition) is 4. The largest absolute Gasteiger partial charge is 0.490 e. The zero-order valence-corrected chi connectivity index (χ0v) is 13.8. The molecule has 2 aromatic rings. The first kappa shape index (κ1) is 16.4. The lowest BCUT2D eigenvalue weighted by Gasteiger charge is -2.33. The van der Waals surface area contributed by atoms with E-state index in [-0.39, 0.29) is 5.82 Å². The molecule has 5 heteroatoms. The summed E-state index contributed by atoms with van der Waals surface area (Å²) >= 11 is 1.59. The van der Waals surface area contributed by atoms with Gasteiger partial charge in [-0.1, -0.05) is 18.2 Å². The Morgan fingerprint density at radius 2 is 2.17 bits per heavy atom. The molecule has 1 saturated heterocycles. The van der Waals surface area contributed by atoms with Gasteiger partial charge in [0.15, 0.2) is 11.6 Å². The summed E-state index contributed by atoms with van der Waals surface area (Å²) in [7, 11) is 0. The molecule has 0 aliphatic carbocycles. The second kappa shape index (κ2) is 7.90. The summed E-state index contributed by atoms with van der Waals surface area (Å²) in [6.45, 7) is 3.05. The fourth-order valence-corrected chi connectivity index (χ4v) is 3.74. The molecule has 2 heterocycles. The second-order valence-electron chi connectivity index (χ2n) is 6.04. The quantitative estimate of drug-likeness (QED) is 0.873. The highest BCUT2D eigenvalue weighted by molar-refractivity contribution is 7.10. The molecule has 3 rings (SSSR count). The lowest BCUT2D eigenvalue weighted by Crippen LogP contribution is -2.39. The van der Waals surface area contributed by atoms with Crippen molar-refractivity contribution < 1.29 is 14.2 Å². The van der Waals surface area contributed by atoms with Gasteiger partial charge in [0, 0.05) is 23.9 Å². The standard InChI is InChI=1S/C18H22FNO2S/c19-15-6-1-2-7-17(15)22-13-14-5-3-9-20(11-14)12-16(21)18-8-4-10-23-18/h1-2,4,6-8,10,14,16,21H,3,5,9,11-13H2/t14-,16-/m0/s1. The Morgan fingerprint density at radius 3 is 2.96 bits per heavy atom. The molecule has 0 radical (unpaired) electrons. The number of likely N-dealkylation sites (tertiary alicyclic amines) is 1. The van der Waals surface area contributed by atoms with Crippen molar-refractivity contribution in [3.8, 4) is 5.75 Å². The number of aliphatic hydroxyl groups is 1. The van der Waals surface area contributed by atoms with E-state index in [9.17, 15) is 9.50 Å². The van der Waals surface area contributed by atoms with Crippen LogP contribution in [0, 0.1) is 11.7 Å². The highest BCUT2D eigenvalue weighted by atomic mass is 32.1. The van der Waals surface area contributed by atoms with Gasteiger partial charge in [0.1, 0.15) is 6.10 Å². The number of piperidine rings is 1. The molecule has 0 bridgehead atoms. The first-order valence-electron chi connectivity index (χ1n) is 8.03. The lowest BCUT2D eigenvalue weighted by molar-refractivity contribution is 0.0724. The van der Waals surface area contributed by atoms with Gasteiger partial charge in [-0.25, -0.2) is 4.39 Å². The van der Waals surface area contributed by atoms with Gasteiger partial charge < -0.3 is 9.84 Å². The Hall–Kier alpha value is -1.43. The van der Waals surface area contributed by atoms with Crippen LogP contribution in [-0.4, -0.2) is 36.2 Å². The van der Waals surface area contributed by atoms with Gasteiger partial charge in [-0.05, 0) is 43.0 Å². The molecular weight excluding hydrogens is 313 g/mol. The van der Waals surface area contributed by atoms with E-state index in [1.807, 2.05) is 17.5 Å². The average Bonchev–Trinajstić information content (AvgIpc) is 3.09. The fourth-order valence-electron chi connectivity index (χ4n) is 3.04. The van der Waals surface area contributed by atoms with Crippen molar-refractivity contribution in [2.24, 2.45) is 5.92 Å². The van der Waals surface area contributed by atoms with Crippen LogP contribution in [0.5, 0.6) is 5.75 Å². The maximum Gasteiger partial charge on any atom is 0.165 e. The van der Waals surface area contributed by atoms with Crippen LogP contribution in [0.25, 0.3) is 0 Å². The predicted molar refractivity (Wildman–Crippen MR) is 90.3 cm³/mol. The zero-order valence-electron chi connectivity index (χ0n) is 13.0. The van der Waals surface area contributed by atoms with Gasteiger partial charge in [0.2, 0.25) is 0 Å². The van der Waals surface area contributed by atoms with E-state index in [1.165, 1.54) is 6.07 Å². The molecule has 1 N–H and O–H groups in total. The molecule has 1 aromatic carbocycles. The number of nitrogens with zero attached hydrogens (tertiary/aromatic N) is 1. The fraction of sp³-hybridized carbons (Fsp3) is 0.444. The van der Waals surface area contributed by atoms with Gasteiger partial charge in [-0.3, -0.25) is 4.90 Å². The molecule has 1 aliphatic rings. The smallest absolute Gasteiger partial charge is 0.165 e. The number of ether oxygens (including phenoxy) is 1. The highest BCUT2D eigenvalue weighted by Crippen LogP contribution is 2.24. The van der Waals surface area contributed by atoms with Gasteiger partial charge in [-0.2, -0.15) is 0 Å². The Bertz CT molecular complexity index is 605. The summed E-state index contributed by atoms with van der Waals surface area (Å²) in [6, 6.07) is 10.5. The van der Waals surface area contributed by atoms with E-state index in [0.717, 1.165) is 30.8 Å². The number of benzene rings is 1. The first-order chi connectivity index (χ1) is 11.2. The van der Waals surface area contributed by atoms with Crippen LogP contribution in [0.3, 0.4) is 0 Å². The van der Waals surface area contributed by atoms with Gasteiger partial charge >= 0.3 is 0 Å². The summed E-state index contributed by atoms with van der Waals surface area (Å²) in [6.07, 6.45) is 1.74. The van der Waals surface area contributed by atoms with Crippen molar-refractivity contribution in [3.63, 3.8) is 0 Å².